The van der Waals surface area contributed by atoms with Crippen LogP contribution >= 0.6 is 0 Å². The third-order valence-corrected chi connectivity index (χ3v) is 3.83. The van der Waals surface area contributed by atoms with Crippen LogP contribution in [0.15, 0.2) is 12.4 Å². The van der Waals surface area contributed by atoms with E-state index in [2.05, 4.69) is 15.3 Å². The van der Waals surface area contributed by atoms with Gasteiger partial charge in [-0.2, -0.15) is 0 Å². The molecule has 1 aliphatic rings. The summed E-state index contributed by atoms with van der Waals surface area (Å²) in [6.45, 7) is 8.58. The van der Waals surface area contributed by atoms with Gasteiger partial charge < -0.3 is 19.7 Å². The standard InChI is InChI=1S/C17H28N4O3/c1-17(2,3)24-16(22)21-9-5-6-13(12-21)10-18-11-14-15(23-4)20-8-7-19-14/h7-8,13,18H,5-6,9-12H2,1-4H3. The monoisotopic (exact) mass is 336 g/mol. The average molecular weight is 336 g/mol. The molecule has 0 bridgehead atoms. The molecule has 0 aromatic carbocycles. The molecule has 1 atom stereocenters. The molecule has 0 aliphatic carbocycles. The number of methoxy groups -OCH3 is 1. The maximum Gasteiger partial charge on any atom is 0.410 e. The number of piperidine rings is 1. The lowest BCUT2D eigenvalue weighted by molar-refractivity contribution is 0.0166. The molecule has 24 heavy (non-hydrogen) atoms. The summed E-state index contributed by atoms with van der Waals surface area (Å²) in [6, 6.07) is 0. The molecule has 0 radical (unpaired) electrons. The molecule has 2 rings (SSSR count). The highest BCUT2D eigenvalue weighted by atomic mass is 16.6. The lowest BCUT2D eigenvalue weighted by Gasteiger charge is -2.34. The molecule has 1 aromatic rings. The number of nitrogens with one attached hydrogen (secondary N) is 1. The largest absolute Gasteiger partial charge is 0.480 e. The zero-order valence-corrected chi connectivity index (χ0v) is 15.0. The molecule has 1 N–H and O–H groups in total. The molecule has 0 saturated carbocycles. The predicted octanol–water partition coefficient (Wildman–Crippen LogP) is 2.22. The second kappa shape index (κ2) is 8.28. The number of amides is 1. The van der Waals surface area contributed by atoms with Crippen LogP contribution in [0.1, 0.15) is 39.3 Å². The Kier molecular flexibility index (Phi) is 6.36. The number of likely N-dealkylation sites (tertiary alicyclic amines) is 1. The van der Waals surface area contributed by atoms with E-state index in [1.165, 1.54) is 0 Å². The van der Waals surface area contributed by atoms with Gasteiger partial charge in [-0.15, -0.1) is 0 Å². The van der Waals surface area contributed by atoms with E-state index in [0.717, 1.165) is 38.2 Å². The highest BCUT2D eigenvalue weighted by Crippen LogP contribution is 2.19. The summed E-state index contributed by atoms with van der Waals surface area (Å²) < 4.78 is 10.7. The third-order valence-electron chi connectivity index (χ3n) is 3.83. The number of hydrogen-bond donors (Lipinski definition) is 1. The van der Waals surface area contributed by atoms with Gasteiger partial charge in [0.15, 0.2) is 0 Å². The second-order valence-corrected chi connectivity index (χ2v) is 7.08. The highest BCUT2D eigenvalue weighted by Gasteiger charge is 2.27. The molecule has 1 unspecified atom stereocenters. The quantitative estimate of drug-likeness (QED) is 0.888. The first-order valence-electron chi connectivity index (χ1n) is 8.41. The molecule has 1 saturated heterocycles. The Morgan fingerprint density at radius 1 is 1.38 bits per heavy atom. The van der Waals surface area contributed by atoms with Crippen molar-refractivity contribution in [1.29, 1.82) is 0 Å². The Labute approximate surface area is 143 Å². The van der Waals surface area contributed by atoms with Gasteiger partial charge in [0.2, 0.25) is 5.88 Å². The van der Waals surface area contributed by atoms with Gasteiger partial charge in [-0.05, 0) is 39.5 Å². The van der Waals surface area contributed by atoms with Gasteiger partial charge in [0.1, 0.15) is 11.3 Å². The second-order valence-electron chi connectivity index (χ2n) is 7.08. The predicted molar refractivity (Wildman–Crippen MR) is 90.8 cm³/mol. The molecule has 1 amide bonds. The van der Waals surface area contributed by atoms with Crippen LogP contribution in [0, 0.1) is 5.92 Å². The van der Waals surface area contributed by atoms with Crippen molar-refractivity contribution in [2.45, 2.75) is 45.8 Å². The maximum atomic E-state index is 12.2. The van der Waals surface area contributed by atoms with E-state index >= 15 is 0 Å². The first-order valence-corrected chi connectivity index (χ1v) is 8.41. The van der Waals surface area contributed by atoms with Crippen LogP contribution in [0.4, 0.5) is 4.79 Å². The van der Waals surface area contributed by atoms with Crippen molar-refractivity contribution in [2.24, 2.45) is 5.92 Å². The van der Waals surface area contributed by atoms with Crippen molar-refractivity contribution in [3.8, 4) is 5.88 Å². The van der Waals surface area contributed by atoms with Gasteiger partial charge in [-0.1, -0.05) is 0 Å². The Balaban J connectivity index is 1.80. The molecule has 0 spiro atoms. The molecule has 7 nitrogen and oxygen atoms in total. The fourth-order valence-electron chi connectivity index (χ4n) is 2.76. The molecule has 1 fully saturated rings. The number of nitrogens with zero attached hydrogens (tertiary/aromatic N) is 3. The minimum Gasteiger partial charge on any atom is -0.480 e. The summed E-state index contributed by atoms with van der Waals surface area (Å²) in [5, 5.41) is 3.39. The SMILES string of the molecule is COc1nccnc1CNCC1CCCN(C(=O)OC(C)(C)C)C1. The highest BCUT2D eigenvalue weighted by molar-refractivity contribution is 5.68. The van der Waals surface area contributed by atoms with Crippen molar-refractivity contribution >= 4 is 6.09 Å². The Morgan fingerprint density at radius 2 is 2.12 bits per heavy atom. The summed E-state index contributed by atoms with van der Waals surface area (Å²) in [5.74, 6) is 0.956. The fraction of sp³-hybridized carbons (Fsp3) is 0.706. The zero-order valence-electron chi connectivity index (χ0n) is 15.0. The molecule has 1 aromatic heterocycles. The number of aromatic nitrogens is 2. The summed E-state index contributed by atoms with van der Waals surface area (Å²) in [6.07, 6.45) is 5.15. The van der Waals surface area contributed by atoms with Gasteiger partial charge in [0.05, 0.1) is 7.11 Å². The summed E-state index contributed by atoms with van der Waals surface area (Å²) >= 11 is 0. The lowest BCUT2D eigenvalue weighted by Crippen LogP contribution is -2.45. The van der Waals surface area contributed by atoms with Crippen LogP contribution in [0.5, 0.6) is 5.88 Å². The minimum atomic E-state index is -0.454. The lowest BCUT2D eigenvalue weighted by atomic mass is 9.98. The van der Waals surface area contributed by atoms with E-state index in [0.29, 0.717) is 18.3 Å². The smallest absolute Gasteiger partial charge is 0.410 e. The average Bonchev–Trinajstić information content (AvgIpc) is 2.54. The molecule has 134 valence electrons. The van der Waals surface area contributed by atoms with Gasteiger partial charge in [-0.25, -0.2) is 9.78 Å². The van der Waals surface area contributed by atoms with Crippen LogP contribution in [0.3, 0.4) is 0 Å². The summed E-state index contributed by atoms with van der Waals surface area (Å²) in [5.41, 5.74) is 0.338. The summed E-state index contributed by atoms with van der Waals surface area (Å²) in [7, 11) is 1.59. The molecule has 1 aliphatic heterocycles. The van der Waals surface area contributed by atoms with Crippen LogP contribution in [0.2, 0.25) is 0 Å². The van der Waals surface area contributed by atoms with E-state index in [4.69, 9.17) is 9.47 Å². The summed E-state index contributed by atoms with van der Waals surface area (Å²) in [4.78, 5) is 22.4. The molecular weight excluding hydrogens is 308 g/mol. The van der Waals surface area contributed by atoms with Crippen LogP contribution in [-0.2, 0) is 11.3 Å². The van der Waals surface area contributed by atoms with E-state index in [9.17, 15) is 4.79 Å². The Morgan fingerprint density at radius 3 is 2.83 bits per heavy atom. The van der Waals surface area contributed by atoms with Crippen molar-refractivity contribution in [3.63, 3.8) is 0 Å². The van der Waals surface area contributed by atoms with Gasteiger partial charge in [0, 0.05) is 38.6 Å². The van der Waals surface area contributed by atoms with Crippen molar-refractivity contribution in [3.05, 3.63) is 18.1 Å². The number of ether oxygens (including phenoxy) is 2. The zero-order chi connectivity index (χ0) is 17.6. The van der Waals surface area contributed by atoms with Crippen LogP contribution in [-0.4, -0.2) is 53.3 Å². The number of rotatable bonds is 5. The van der Waals surface area contributed by atoms with Crippen molar-refractivity contribution < 1.29 is 14.3 Å². The maximum absolute atomic E-state index is 12.2. The first-order chi connectivity index (χ1) is 11.4. The number of carbonyl (C=O) groups is 1. The van der Waals surface area contributed by atoms with Crippen LogP contribution < -0.4 is 10.1 Å². The number of hydrogen-bond acceptors (Lipinski definition) is 6. The minimum absolute atomic E-state index is 0.220. The van der Waals surface area contributed by atoms with Crippen LogP contribution in [0.25, 0.3) is 0 Å². The molecule has 2 heterocycles. The van der Waals surface area contributed by atoms with E-state index in [-0.39, 0.29) is 6.09 Å². The number of carbonyl (C=O) groups excluding carboxylic acids is 1. The first kappa shape index (κ1) is 18.4. The molecule has 7 heteroatoms. The van der Waals surface area contributed by atoms with Gasteiger partial charge in [-0.3, -0.25) is 4.98 Å². The molecular formula is C17H28N4O3. The Bertz CT molecular complexity index is 545. The van der Waals surface area contributed by atoms with Crippen molar-refractivity contribution in [2.75, 3.05) is 26.7 Å². The van der Waals surface area contributed by atoms with Gasteiger partial charge in [0.25, 0.3) is 0 Å². The van der Waals surface area contributed by atoms with E-state index in [1.54, 1.807) is 19.5 Å². The fourth-order valence-corrected chi connectivity index (χ4v) is 2.76. The Hall–Kier alpha value is -1.89. The topological polar surface area (TPSA) is 76.6 Å². The third kappa shape index (κ3) is 5.63. The van der Waals surface area contributed by atoms with Gasteiger partial charge >= 0.3 is 6.09 Å². The normalized spacial score (nSPS) is 18.3. The van der Waals surface area contributed by atoms with E-state index < -0.39 is 5.60 Å². The van der Waals surface area contributed by atoms with E-state index in [1.807, 2.05) is 25.7 Å². The van der Waals surface area contributed by atoms with Crippen molar-refractivity contribution in [1.82, 2.24) is 20.2 Å².